The maximum absolute atomic E-state index is 12.2. The van der Waals surface area contributed by atoms with Gasteiger partial charge in [-0.25, -0.2) is 5.10 Å². The van der Waals surface area contributed by atoms with Crippen LogP contribution in [0.4, 0.5) is 5.95 Å². The number of nitrogen functional groups attached to an aromatic ring is 1. The predicted molar refractivity (Wildman–Crippen MR) is 71.2 cm³/mol. The van der Waals surface area contributed by atoms with Crippen molar-refractivity contribution in [2.75, 3.05) is 18.0 Å². The molecule has 0 saturated carbocycles. The van der Waals surface area contributed by atoms with Crippen LogP contribution < -0.4 is 5.73 Å². The number of piperidine rings is 1. The Kier molecular flexibility index (Phi) is 4.46. The summed E-state index contributed by atoms with van der Waals surface area (Å²) in [4.78, 5) is 18.1. The van der Waals surface area contributed by atoms with Crippen LogP contribution in [0, 0.1) is 0 Å². The number of carbonyl (C=O) groups is 1. The van der Waals surface area contributed by atoms with Gasteiger partial charge in [-0.05, 0) is 25.7 Å². The smallest absolute Gasteiger partial charge is 0.233 e. The summed E-state index contributed by atoms with van der Waals surface area (Å²) >= 11 is 1.33. The summed E-state index contributed by atoms with van der Waals surface area (Å²) in [7, 11) is 0. The second-order valence-electron chi connectivity index (χ2n) is 4.44. The largest absolute Gasteiger partial charge is 0.368 e. The van der Waals surface area contributed by atoms with Crippen LogP contribution in [-0.2, 0) is 4.79 Å². The predicted octanol–water partition coefficient (Wildman–Crippen LogP) is 1.27. The van der Waals surface area contributed by atoms with Gasteiger partial charge in [0.15, 0.2) is 0 Å². The van der Waals surface area contributed by atoms with Gasteiger partial charge in [-0.1, -0.05) is 18.7 Å². The summed E-state index contributed by atoms with van der Waals surface area (Å²) in [6.45, 7) is 3.02. The minimum Gasteiger partial charge on any atom is -0.368 e. The maximum atomic E-state index is 12.2. The molecule has 0 aliphatic carbocycles. The van der Waals surface area contributed by atoms with E-state index in [9.17, 15) is 4.79 Å². The maximum Gasteiger partial charge on any atom is 0.233 e. The molecule has 2 heterocycles. The van der Waals surface area contributed by atoms with Gasteiger partial charge in [0.25, 0.3) is 0 Å². The SMILES string of the molecule is CC[C@@H]1CCCCN1C(=O)CSc1n[nH]c(N)n1. The van der Waals surface area contributed by atoms with Gasteiger partial charge in [-0.3, -0.25) is 4.79 Å². The van der Waals surface area contributed by atoms with E-state index in [1.165, 1.54) is 18.2 Å². The van der Waals surface area contributed by atoms with Crippen LogP contribution in [0.3, 0.4) is 0 Å². The molecule has 1 aromatic rings. The van der Waals surface area contributed by atoms with Crippen molar-refractivity contribution in [1.29, 1.82) is 0 Å². The zero-order valence-electron chi connectivity index (χ0n) is 10.6. The standard InChI is InChI=1S/C11H19N5OS/c1-2-8-5-3-4-6-16(8)9(17)7-18-11-13-10(12)14-15-11/h8H,2-7H2,1H3,(H3,12,13,14,15)/t8-/m1/s1. The van der Waals surface area contributed by atoms with Crippen molar-refractivity contribution in [3.8, 4) is 0 Å². The molecule has 1 amide bonds. The average Bonchev–Trinajstić information content (AvgIpc) is 2.81. The lowest BCUT2D eigenvalue weighted by atomic mass is 10.0. The molecular formula is C11H19N5OS. The van der Waals surface area contributed by atoms with Crippen molar-refractivity contribution in [1.82, 2.24) is 20.1 Å². The molecule has 1 atom stereocenters. The lowest BCUT2D eigenvalue weighted by Gasteiger charge is -2.35. The highest BCUT2D eigenvalue weighted by atomic mass is 32.2. The Morgan fingerprint density at radius 2 is 2.44 bits per heavy atom. The number of carbonyl (C=O) groups excluding carboxylic acids is 1. The average molecular weight is 269 g/mol. The first-order valence-electron chi connectivity index (χ1n) is 6.31. The van der Waals surface area contributed by atoms with E-state index in [4.69, 9.17) is 5.73 Å². The topological polar surface area (TPSA) is 87.9 Å². The quantitative estimate of drug-likeness (QED) is 0.804. The van der Waals surface area contributed by atoms with Crippen LogP contribution in [-0.4, -0.2) is 44.3 Å². The monoisotopic (exact) mass is 269 g/mol. The fraction of sp³-hybridized carbons (Fsp3) is 0.727. The number of H-pyrrole nitrogens is 1. The Bertz CT molecular complexity index is 408. The number of nitrogens with one attached hydrogen (secondary N) is 1. The van der Waals surface area contributed by atoms with E-state index in [-0.39, 0.29) is 11.9 Å². The normalized spacial score (nSPS) is 20.1. The molecular weight excluding hydrogens is 250 g/mol. The number of amides is 1. The lowest BCUT2D eigenvalue weighted by molar-refractivity contribution is -0.132. The molecule has 3 N–H and O–H groups in total. The Hall–Kier alpha value is -1.24. The van der Waals surface area contributed by atoms with Crippen molar-refractivity contribution in [3.05, 3.63) is 0 Å². The first-order chi connectivity index (χ1) is 8.70. The van der Waals surface area contributed by atoms with Gasteiger partial charge in [0, 0.05) is 12.6 Å². The van der Waals surface area contributed by atoms with E-state index >= 15 is 0 Å². The summed E-state index contributed by atoms with van der Waals surface area (Å²) in [5.74, 6) is 0.845. The van der Waals surface area contributed by atoms with Crippen LogP contribution in [0.5, 0.6) is 0 Å². The summed E-state index contributed by atoms with van der Waals surface area (Å²) in [6.07, 6.45) is 4.50. The molecule has 100 valence electrons. The first-order valence-corrected chi connectivity index (χ1v) is 7.29. The second-order valence-corrected chi connectivity index (χ2v) is 5.38. The summed E-state index contributed by atoms with van der Waals surface area (Å²) < 4.78 is 0. The number of likely N-dealkylation sites (tertiary alicyclic amines) is 1. The van der Waals surface area contributed by atoms with Gasteiger partial charge in [0.1, 0.15) is 0 Å². The number of hydrogen-bond acceptors (Lipinski definition) is 5. The number of nitrogens with two attached hydrogens (primary N) is 1. The highest BCUT2D eigenvalue weighted by molar-refractivity contribution is 7.99. The number of anilines is 1. The summed E-state index contributed by atoms with van der Waals surface area (Å²) in [5, 5.41) is 7.00. The van der Waals surface area contributed by atoms with E-state index in [1.54, 1.807) is 0 Å². The fourth-order valence-corrected chi connectivity index (χ4v) is 2.98. The molecule has 1 aromatic heterocycles. The molecule has 1 aliphatic rings. The van der Waals surface area contributed by atoms with E-state index in [2.05, 4.69) is 22.1 Å². The van der Waals surface area contributed by atoms with Crippen LogP contribution >= 0.6 is 11.8 Å². The van der Waals surface area contributed by atoms with Gasteiger partial charge in [0.05, 0.1) is 5.75 Å². The molecule has 18 heavy (non-hydrogen) atoms. The third kappa shape index (κ3) is 3.16. The zero-order valence-corrected chi connectivity index (χ0v) is 11.4. The minimum absolute atomic E-state index is 0.176. The summed E-state index contributed by atoms with van der Waals surface area (Å²) in [5.41, 5.74) is 5.43. The van der Waals surface area contributed by atoms with Gasteiger partial charge in [-0.15, -0.1) is 5.10 Å². The molecule has 1 fully saturated rings. The van der Waals surface area contributed by atoms with Crippen molar-refractivity contribution in [2.24, 2.45) is 0 Å². The van der Waals surface area contributed by atoms with E-state index in [0.29, 0.717) is 17.0 Å². The molecule has 7 heteroatoms. The van der Waals surface area contributed by atoms with Gasteiger partial charge < -0.3 is 10.6 Å². The van der Waals surface area contributed by atoms with Crippen molar-refractivity contribution >= 4 is 23.6 Å². The molecule has 0 spiro atoms. The molecule has 0 bridgehead atoms. The minimum atomic E-state index is 0.176. The van der Waals surface area contributed by atoms with Crippen LogP contribution in [0.2, 0.25) is 0 Å². The number of aromatic amines is 1. The third-order valence-corrected chi connectivity index (χ3v) is 4.06. The van der Waals surface area contributed by atoms with Gasteiger partial charge in [0.2, 0.25) is 17.0 Å². The van der Waals surface area contributed by atoms with E-state index in [1.807, 2.05) is 4.90 Å². The third-order valence-electron chi connectivity index (χ3n) is 3.23. The first kappa shape index (κ1) is 13.2. The van der Waals surface area contributed by atoms with Gasteiger partial charge in [-0.2, -0.15) is 4.98 Å². The second kappa shape index (κ2) is 6.08. The number of aromatic nitrogens is 3. The van der Waals surface area contributed by atoms with E-state index < -0.39 is 0 Å². The number of thioether (sulfide) groups is 1. The molecule has 1 aliphatic heterocycles. The molecule has 2 rings (SSSR count). The molecule has 1 saturated heterocycles. The highest BCUT2D eigenvalue weighted by Gasteiger charge is 2.25. The molecule has 0 aromatic carbocycles. The van der Waals surface area contributed by atoms with Crippen LogP contribution in [0.1, 0.15) is 32.6 Å². The van der Waals surface area contributed by atoms with Gasteiger partial charge >= 0.3 is 0 Å². The van der Waals surface area contributed by atoms with Crippen LogP contribution in [0.15, 0.2) is 5.16 Å². The highest BCUT2D eigenvalue weighted by Crippen LogP contribution is 2.21. The molecule has 0 unspecified atom stereocenters. The molecule has 6 nitrogen and oxygen atoms in total. The van der Waals surface area contributed by atoms with Crippen molar-refractivity contribution < 1.29 is 4.79 Å². The Morgan fingerprint density at radius 3 is 3.11 bits per heavy atom. The molecule has 0 radical (unpaired) electrons. The van der Waals surface area contributed by atoms with Crippen molar-refractivity contribution in [2.45, 2.75) is 43.8 Å². The Balaban J connectivity index is 1.86. The number of hydrogen-bond donors (Lipinski definition) is 2. The lowest BCUT2D eigenvalue weighted by Crippen LogP contribution is -2.44. The zero-order chi connectivity index (χ0) is 13.0. The Labute approximate surface area is 111 Å². The summed E-state index contributed by atoms with van der Waals surface area (Å²) in [6, 6.07) is 0.407. The number of nitrogens with zero attached hydrogens (tertiary/aromatic N) is 3. The number of rotatable bonds is 4. The Morgan fingerprint density at radius 1 is 1.61 bits per heavy atom. The fourth-order valence-electron chi connectivity index (χ4n) is 2.29. The van der Waals surface area contributed by atoms with Crippen molar-refractivity contribution in [3.63, 3.8) is 0 Å². The van der Waals surface area contributed by atoms with E-state index in [0.717, 1.165) is 25.8 Å². The van der Waals surface area contributed by atoms with Crippen LogP contribution in [0.25, 0.3) is 0 Å².